The van der Waals surface area contributed by atoms with Gasteiger partial charge in [0.05, 0.1) is 11.9 Å². The van der Waals surface area contributed by atoms with Crippen LogP contribution in [0.5, 0.6) is 0 Å². The van der Waals surface area contributed by atoms with Gasteiger partial charge >= 0.3 is 0 Å². The summed E-state index contributed by atoms with van der Waals surface area (Å²) < 4.78 is 15.0. The molecule has 6 rings (SSSR count). The molecule has 0 unspecified atom stereocenters. The monoisotopic (exact) mass is 621 g/mol. The van der Waals surface area contributed by atoms with Crippen LogP contribution in [-0.2, 0) is 11.3 Å². The Hall–Kier alpha value is -4.90. The molecule has 2 aromatic carbocycles. The Morgan fingerprint density at radius 1 is 1.09 bits per heavy atom. The number of anilines is 3. The third-order valence-corrected chi connectivity index (χ3v) is 8.70. The zero-order valence-corrected chi connectivity index (χ0v) is 26.6. The fraction of sp³-hybridized carbons (Fsp3) is 0.343. The second-order valence-corrected chi connectivity index (χ2v) is 12.1. The molecule has 5 aromatic rings. The molecule has 1 aliphatic heterocycles. The summed E-state index contributed by atoms with van der Waals surface area (Å²) >= 11 is 0. The van der Waals surface area contributed by atoms with Gasteiger partial charge in [0.1, 0.15) is 0 Å². The van der Waals surface area contributed by atoms with Gasteiger partial charge in [0.15, 0.2) is 11.5 Å². The summed E-state index contributed by atoms with van der Waals surface area (Å²) in [7, 11) is 0. The van der Waals surface area contributed by atoms with Crippen molar-refractivity contribution in [1.82, 2.24) is 29.5 Å². The van der Waals surface area contributed by atoms with Crippen LogP contribution in [0, 0.1) is 5.92 Å². The number of halogens is 1. The van der Waals surface area contributed by atoms with E-state index in [1.54, 1.807) is 22.8 Å². The first-order valence-corrected chi connectivity index (χ1v) is 15.9. The Balaban J connectivity index is 1.26. The highest BCUT2D eigenvalue weighted by Crippen LogP contribution is 2.31. The van der Waals surface area contributed by atoms with Crippen molar-refractivity contribution in [2.24, 2.45) is 5.92 Å². The summed E-state index contributed by atoms with van der Waals surface area (Å²) in [5.74, 6) is 0.147. The smallest absolute Gasteiger partial charge is 0.283 e. The van der Waals surface area contributed by atoms with Crippen LogP contribution < -0.4 is 16.0 Å². The molecule has 0 radical (unpaired) electrons. The van der Waals surface area contributed by atoms with Crippen molar-refractivity contribution >= 4 is 39.9 Å². The first-order chi connectivity index (χ1) is 22.3. The van der Waals surface area contributed by atoms with E-state index in [0.717, 1.165) is 65.0 Å². The van der Waals surface area contributed by atoms with Crippen molar-refractivity contribution in [2.45, 2.75) is 46.1 Å². The first kappa shape index (κ1) is 31.1. The van der Waals surface area contributed by atoms with Gasteiger partial charge in [-0.15, -0.1) is 0 Å². The van der Waals surface area contributed by atoms with E-state index in [-0.39, 0.29) is 5.92 Å². The second-order valence-electron chi connectivity index (χ2n) is 12.1. The highest BCUT2D eigenvalue weighted by Gasteiger charge is 2.20. The Morgan fingerprint density at radius 2 is 1.89 bits per heavy atom. The standard InChI is InChI=1S/C35H40FN9O/c1-5-44-16-13-24(14-17-44)19-38-34-42-32-30(22(2)3)21-40-45(32)35(43-34)39-20-26-8-6-7-9-28(26)31-29-11-10-27(41-33(46)23(4)36)18-25(29)12-15-37-31/h6-12,15,18,21-22,24H,4-5,13-14,16-17,19-20H2,1-3H3,(H,41,46)(H2,38,39,42,43). The number of hydrogen-bond donors (Lipinski definition) is 3. The van der Waals surface area contributed by atoms with Gasteiger partial charge in [0, 0.05) is 41.5 Å². The van der Waals surface area contributed by atoms with Gasteiger partial charge in [0.2, 0.25) is 11.9 Å². The summed E-state index contributed by atoms with van der Waals surface area (Å²) in [4.78, 5) is 28.8. The minimum Gasteiger partial charge on any atom is -0.354 e. The van der Waals surface area contributed by atoms with E-state index in [2.05, 4.69) is 59.4 Å². The Morgan fingerprint density at radius 3 is 2.65 bits per heavy atom. The lowest BCUT2D eigenvalue weighted by molar-refractivity contribution is -0.114. The number of piperidine rings is 1. The maximum absolute atomic E-state index is 13.3. The van der Waals surface area contributed by atoms with Crippen LogP contribution >= 0.6 is 0 Å². The average molecular weight is 622 g/mol. The number of amides is 1. The van der Waals surface area contributed by atoms with Crippen LogP contribution in [0.25, 0.3) is 27.7 Å². The van der Waals surface area contributed by atoms with E-state index in [1.165, 1.54) is 12.8 Å². The van der Waals surface area contributed by atoms with Crippen LogP contribution in [-0.4, -0.2) is 61.6 Å². The van der Waals surface area contributed by atoms with Gasteiger partial charge in [-0.2, -0.15) is 19.6 Å². The summed E-state index contributed by atoms with van der Waals surface area (Å²) in [5, 5.41) is 16.0. The fourth-order valence-corrected chi connectivity index (χ4v) is 5.99. The lowest BCUT2D eigenvalue weighted by Crippen LogP contribution is -2.35. The van der Waals surface area contributed by atoms with E-state index >= 15 is 0 Å². The minimum atomic E-state index is -1.04. The molecule has 1 amide bonds. The molecule has 0 atom stereocenters. The summed E-state index contributed by atoms with van der Waals surface area (Å²) in [6, 6.07) is 15.4. The molecule has 0 spiro atoms. The predicted octanol–water partition coefficient (Wildman–Crippen LogP) is 6.64. The van der Waals surface area contributed by atoms with E-state index in [0.29, 0.717) is 30.0 Å². The third kappa shape index (κ3) is 6.69. The summed E-state index contributed by atoms with van der Waals surface area (Å²) in [6.45, 7) is 14.2. The molecule has 10 nitrogen and oxygen atoms in total. The van der Waals surface area contributed by atoms with E-state index in [4.69, 9.17) is 15.0 Å². The van der Waals surface area contributed by atoms with E-state index < -0.39 is 11.7 Å². The van der Waals surface area contributed by atoms with Crippen molar-refractivity contribution in [3.8, 4) is 11.3 Å². The number of likely N-dealkylation sites (tertiary alicyclic amines) is 1. The Labute approximate surface area is 268 Å². The number of rotatable bonds is 11. The number of nitrogens with zero attached hydrogens (tertiary/aromatic N) is 6. The molecule has 1 aliphatic rings. The SMILES string of the molecule is C=C(F)C(=O)Nc1ccc2c(-c3ccccc3CNc3nc(NCC4CCN(CC)CC4)nc4c(C(C)C)cnn34)nccc2c1. The first-order valence-electron chi connectivity index (χ1n) is 15.9. The normalized spacial score (nSPS) is 14.2. The van der Waals surface area contributed by atoms with Crippen LogP contribution in [0.15, 0.2) is 73.3 Å². The van der Waals surface area contributed by atoms with Gasteiger partial charge in [-0.3, -0.25) is 9.78 Å². The molecule has 3 aromatic heterocycles. The molecular weight excluding hydrogens is 581 g/mol. The summed E-state index contributed by atoms with van der Waals surface area (Å²) in [6.07, 6.45) is 5.94. The lowest BCUT2D eigenvalue weighted by atomic mass is 9.97. The zero-order valence-electron chi connectivity index (χ0n) is 26.6. The topological polar surface area (TPSA) is 112 Å². The largest absolute Gasteiger partial charge is 0.354 e. The number of hydrogen-bond acceptors (Lipinski definition) is 8. The molecule has 0 aliphatic carbocycles. The maximum atomic E-state index is 13.3. The Bertz CT molecular complexity index is 1880. The van der Waals surface area contributed by atoms with Gasteiger partial charge in [-0.05, 0) is 73.5 Å². The van der Waals surface area contributed by atoms with Crippen molar-refractivity contribution < 1.29 is 9.18 Å². The molecule has 46 heavy (non-hydrogen) atoms. The van der Waals surface area contributed by atoms with Crippen molar-refractivity contribution in [2.75, 3.05) is 42.1 Å². The number of aromatic nitrogens is 5. The molecule has 1 fully saturated rings. The quantitative estimate of drug-likeness (QED) is 0.141. The minimum absolute atomic E-state index is 0.259. The Kier molecular flexibility index (Phi) is 9.20. The molecule has 3 N–H and O–H groups in total. The van der Waals surface area contributed by atoms with Crippen molar-refractivity contribution in [3.05, 3.63) is 84.5 Å². The molecule has 4 heterocycles. The number of fused-ring (bicyclic) bond motifs is 2. The molecule has 0 saturated carbocycles. The van der Waals surface area contributed by atoms with Gasteiger partial charge < -0.3 is 20.9 Å². The highest BCUT2D eigenvalue weighted by molar-refractivity contribution is 6.04. The number of benzene rings is 2. The van der Waals surface area contributed by atoms with Crippen molar-refractivity contribution in [3.63, 3.8) is 0 Å². The van der Waals surface area contributed by atoms with Crippen molar-refractivity contribution in [1.29, 1.82) is 0 Å². The average Bonchev–Trinajstić information content (AvgIpc) is 3.51. The fourth-order valence-electron chi connectivity index (χ4n) is 5.99. The van der Waals surface area contributed by atoms with Gasteiger partial charge in [-0.1, -0.05) is 57.7 Å². The van der Waals surface area contributed by atoms with E-state index in [1.807, 2.05) is 36.5 Å². The van der Waals surface area contributed by atoms with Gasteiger partial charge in [0.25, 0.3) is 5.91 Å². The molecule has 238 valence electrons. The lowest BCUT2D eigenvalue weighted by Gasteiger charge is -2.31. The zero-order chi connectivity index (χ0) is 32.2. The number of carbonyl (C=O) groups is 1. The van der Waals surface area contributed by atoms with Crippen LogP contribution in [0.1, 0.15) is 50.7 Å². The summed E-state index contributed by atoms with van der Waals surface area (Å²) in [5.41, 5.74) is 5.12. The predicted molar refractivity (Wildman–Crippen MR) is 182 cm³/mol. The van der Waals surface area contributed by atoms with Crippen LogP contribution in [0.4, 0.5) is 22.0 Å². The molecule has 11 heteroatoms. The maximum Gasteiger partial charge on any atom is 0.283 e. The number of nitrogens with one attached hydrogen (secondary N) is 3. The molecule has 0 bridgehead atoms. The second kappa shape index (κ2) is 13.6. The molecular formula is C35H40FN9O. The molecule has 1 saturated heterocycles. The third-order valence-electron chi connectivity index (χ3n) is 8.70. The van der Waals surface area contributed by atoms with Crippen LogP contribution in [0.2, 0.25) is 0 Å². The van der Waals surface area contributed by atoms with Gasteiger partial charge in [-0.25, -0.2) is 4.39 Å². The number of pyridine rings is 1. The van der Waals surface area contributed by atoms with Crippen LogP contribution in [0.3, 0.4) is 0 Å². The van der Waals surface area contributed by atoms with E-state index in [9.17, 15) is 9.18 Å². The highest BCUT2D eigenvalue weighted by atomic mass is 19.1. The number of carbonyl (C=O) groups excluding carboxylic acids is 1.